The van der Waals surface area contributed by atoms with Gasteiger partial charge in [0.05, 0.1) is 24.1 Å². The third kappa shape index (κ3) is 4.34. The number of aryl methyl sites for hydroxylation is 1. The van der Waals surface area contributed by atoms with Crippen LogP contribution in [0.5, 0.6) is 0 Å². The summed E-state index contributed by atoms with van der Waals surface area (Å²) in [6.45, 7) is 0. The Morgan fingerprint density at radius 2 is 1.86 bits per heavy atom. The summed E-state index contributed by atoms with van der Waals surface area (Å²) in [5.74, 6) is 1.37. The number of aromatic nitrogens is 7. The lowest BCUT2D eigenvalue weighted by molar-refractivity contribution is 0.0982. The molecule has 0 saturated heterocycles. The molecule has 4 heterocycles. The number of fused-ring (bicyclic) bond motifs is 2. The molecule has 3 N–H and O–H groups in total. The smallest absolute Gasteiger partial charge is 0.164 e. The molecule has 35 heavy (non-hydrogen) atoms. The molecular formula is C26H20N8O. The zero-order chi connectivity index (χ0) is 23.6. The number of carbonyl (C=O) groups is 1. The van der Waals surface area contributed by atoms with Crippen LogP contribution in [0.25, 0.3) is 33.2 Å². The Morgan fingerprint density at radius 3 is 2.77 bits per heavy atom. The third-order valence-corrected chi connectivity index (χ3v) is 5.83. The van der Waals surface area contributed by atoms with Gasteiger partial charge in [-0.25, -0.2) is 9.97 Å². The van der Waals surface area contributed by atoms with E-state index in [1.807, 2.05) is 42.5 Å². The van der Waals surface area contributed by atoms with Crippen LogP contribution in [0.3, 0.4) is 0 Å². The molecule has 0 atom stereocenters. The number of nitrogens with zero attached hydrogens (tertiary/aromatic N) is 5. The normalized spacial score (nSPS) is 11.2. The number of Topliss-reactive ketones (excluding diaryl/α,β-unsaturated/α-hetero) is 1. The number of ketones is 1. The number of hydrogen-bond acceptors (Lipinski definition) is 7. The molecule has 6 aromatic rings. The van der Waals surface area contributed by atoms with Crippen molar-refractivity contribution < 1.29 is 4.79 Å². The van der Waals surface area contributed by atoms with Gasteiger partial charge in [0.15, 0.2) is 11.6 Å². The number of anilines is 2. The first-order valence-electron chi connectivity index (χ1n) is 11.2. The highest BCUT2D eigenvalue weighted by molar-refractivity contribution is 5.95. The van der Waals surface area contributed by atoms with Gasteiger partial charge in [-0.1, -0.05) is 12.1 Å². The number of carbonyl (C=O) groups excluding carboxylic acids is 1. The minimum atomic E-state index is 0.0453. The number of benzene rings is 2. The van der Waals surface area contributed by atoms with Crippen LogP contribution in [0.4, 0.5) is 11.5 Å². The van der Waals surface area contributed by atoms with Gasteiger partial charge in [0.1, 0.15) is 5.82 Å². The summed E-state index contributed by atoms with van der Waals surface area (Å²) in [5, 5.41) is 19.9. The third-order valence-electron chi connectivity index (χ3n) is 5.83. The van der Waals surface area contributed by atoms with Crippen LogP contribution in [-0.4, -0.2) is 41.1 Å². The molecule has 4 aromatic heterocycles. The molecule has 0 spiro atoms. The van der Waals surface area contributed by atoms with Gasteiger partial charge < -0.3 is 10.3 Å². The molecule has 170 valence electrons. The van der Waals surface area contributed by atoms with E-state index in [1.165, 1.54) is 12.4 Å². The summed E-state index contributed by atoms with van der Waals surface area (Å²) in [4.78, 5) is 25.0. The molecule has 0 radical (unpaired) electrons. The van der Waals surface area contributed by atoms with E-state index in [0.717, 1.165) is 38.8 Å². The van der Waals surface area contributed by atoms with E-state index in [-0.39, 0.29) is 5.78 Å². The molecule has 9 heteroatoms. The molecule has 0 aliphatic heterocycles. The second-order valence-electron chi connectivity index (χ2n) is 8.21. The highest BCUT2D eigenvalue weighted by atomic mass is 16.1. The topological polar surface area (TPSA) is 125 Å². The summed E-state index contributed by atoms with van der Waals surface area (Å²) in [5.41, 5.74) is 5.36. The summed E-state index contributed by atoms with van der Waals surface area (Å²) >= 11 is 0. The zero-order valence-electron chi connectivity index (χ0n) is 18.6. The quantitative estimate of drug-likeness (QED) is 0.291. The lowest BCUT2D eigenvalue weighted by Crippen LogP contribution is -2.02. The predicted octanol–water partition coefficient (Wildman–Crippen LogP) is 4.85. The second-order valence-corrected chi connectivity index (χ2v) is 8.21. The van der Waals surface area contributed by atoms with Gasteiger partial charge in [-0.05, 0) is 54.3 Å². The van der Waals surface area contributed by atoms with Crippen LogP contribution in [0.15, 0.2) is 79.4 Å². The Morgan fingerprint density at radius 1 is 0.886 bits per heavy atom. The van der Waals surface area contributed by atoms with Crippen LogP contribution in [0, 0.1) is 0 Å². The van der Waals surface area contributed by atoms with Gasteiger partial charge in [0, 0.05) is 46.0 Å². The minimum absolute atomic E-state index is 0.0453. The van der Waals surface area contributed by atoms with E-state index in [9.17, 15) is 4.79 Å². The van der Waals surface area contributed by atoms with Crippen LogP contribution in [0.1, 0.15) is 22.5 Å². The molecule has 9 nitrogen and oxygen atoms in total. The van der Waals surface area contributed by atoms with Gasteiger partial charge in [-0.3, -0.25) is 9.89 Å². The Kier molecular flexibility index (Phi) is 5.19. The number of nitrogens with one attached hydrogen (secondary N) is 3. The standard InChI is InChI=1S/C26H20N8O/c35-24(18-7-10-28-29-14-18)6-4-20-11-16-1-2-17(13-23(16)31-20)26-27-9-8-25(33-26)32-21-3-5-22-19(12-21)15-30-34-22/h1-3,5,7-15,31H,4,6H2,(H,30,34)(H,27,32,33). The molecule has 0 unspecified atom stereocenters. The van der Waals surface area contributed by atoms with Gasteiger partial charge in [0.2, 0.25) is 0 Å². The maximum atomic E-state index is 12.4. The van der Waals surface area contributed by atoms with Crippen molar-refractivity contribution in [1.82, 2.24) is 35.3 Å². The first-order valence-corrected chi connectivity index (χ1v) is 11.2. The molecule has 0 bridgehead atoms. The van der Waals surface area contributed by atoms with E-state index < -0.39 is 0 Å². The average molecular weight is 461 g/mol. The van der Waals surface area contributed by atoms with E-state index in [0.29, 0.717) is 30.0 Å². The molecule has 2 aromatic carbocycles. The largest absolute Gasteiger partial charge is 0.358 e. The van der Waals surface area contributed by atoms with Crippen LogP contribution < -0.4 is 5.32 Å². The van der Waals surface area contributed by atoms with Crippen molar-refractivity contribution in [2.75, 3.05) is 5.32 Å². The summed E-state index contributed by atoms with van der Waals surface area (Å²) in [7, 11) is 0. The molecule has 0 aliphatic carbocycles. The predicted molar refractivity (Wildman–Crippen MR) is 133 cm³/mol. The lowest BCUT2D eigenvalue weighted by Gasteiger charge is -2.07. The van der Waals surface area contributed by atoms with Gasteiger partial charge in [0.25, 0.3) is 0 Å². The molecule has 0 fully saturated rings. The Bertz CT molecular complexity index is 1650. The van der Waals surface area contributed by atoms with Crippen molar-refractivity contribution in [2.45, 2.75) is 12.8 Å². The molecule has 0 aliphatic rings. The van der Waals surface area contributed by atoms with Gasteiger partial charge in [-0.15, -0.1) is 0 Å². The van der Waals surface area contributed by atoms with Crippen molar-refractivity contribution in [3.8, 4) is 11.4 Å². The van der Waals surface area contributed by atoms with Crippen molar-refractivity contribution in [3.63, 3.8) is 0 Å². The average Bonchev–Trinajstić information content (AvgIpc) is 3.53. The number of aromatic amines is 2. The first-order chi connectivity index (χ1) is 17.2. The molecule has 6 rings (SSSR count). The number of rotatable bonds is 7. The van der Waals surface area contributed by atoms with Crippen molar-refractivity contribution >= 4 is 39.1 Å². The lowest BCUT2D eigenvalue weighted by atomic mass is 10.1. The van der Waals surface area contributed by atoms with Gasteiger partial charge in [-0.2, -0.15) is 15.3 Å². The Labute approximate surface area is 199 Å². The zero-order valence-corrected chi connectivity index (χ0v) is 18.6. The summed E-state index contributed by atoms with van der Waals surface area (Å²) in [6.07, 6.45) is 7.57. The fourth-order valence-electron chi connectivity index (χ4n) is 4.04. The monoisotopic (exact) mass is 460 g/mol. The minimum Gasteiger partial charge on any atom is -0.358 e. The van der Waals surface area contributed by atoms with Crippen LogP contribution >= 0.6 is 0 Å². The molecule has 0 amide bonds. The fourth-order valence-corrected chi connectivity index (χ4v) is 4.04. The summed E-state index contributed by atoms with van der Waals surface area (Å²) < 4.78 is 0. The maximum absolute atomic E-state index is 12.4. The van der Waals surface area contributed by atoms with Crippen molar-refractivity contribution in [3.05, 3.63) is 90.6 Å². The van der Waals surface area contributed by atoms with E-state index in [4.69, 9.17) is 4.98 Å². The van der Waals surface area contributed by atoms with Crippen LogP contribution in [-0.2, 0) is 6.42 Å². The van der Waals surface area contributed by atoms with Crippen molar-refractivity contribution in [2.24, 2.45) is 0 Å². The van der Waals surface area contributed by atoms with E-state index in [1.54, 1.807) is 18.5 Å². The highest BCUT2D eigenvalue weighted by Gasteiger charge is 2.10. The summed E-state index contributed by atoms with van der Waals surface area (Å²) in [6, 6.07) is 17.6. The maximum Gasteiger partial charge on any atom is 0.164 e. The fraction of sp³-hybridized carbons (Fsp3) is 0.0769. The Hall–Kier alpha value is -4.92. The Balaban J connectivity index is 1.20. The van der Waals surface area contributed by atoms with E-state index >= 15 is 0 Å². The SMILES string of the molecule is O=C(CCc1cc2ccc(-c3nccc(Nc4ccc5[nH]ncc5c4)n3)cc2[nH]1)c1ccnnc1. The van der Waals surface area contributed by atoms with Crippen molar-refractivity contribution in [1.29, 1.82) is 0 Å². The van der Waals surface area contributed by atoms with Gasteiger partial charge >= 0.3 is 0 Å². The number of hydrogen-bond donors (Lipinski definition) is 3. The molecule has 0 saturated carbocycles. The van der Waals surface area contributed by atoms with Crippen LogP contribution in [0.2, 0.25) is 0 Å². The first kappa shape index (κ1) is 20.7. The highest BCUT2D eigenvalue weighted by Crippen LogP contribution is 2.25. The molecular weight excluding hydrogens is 440 g/mol. The number of H-pyrrole nitrogens is 2. The van der Waals surface area contributed by atoms with E-state index in [2.05, 4.69) is 41.7 Å². The second kappa shape index (κ2) is 8.79.